The third-order valence-electron chi connectivity index (χ3n) is 5.62. The van der Waals surface area contributed by atoms with Gasteiger partial charge in [-0.15, -0.1) is 0 Å². The third kappa shape index (κ3) is 23.2. The van der Waals surface area contributed by atoms with Gasteiger partial charge in [0.15, 0.2) is 0 Å². The molecular weight excluding hydrogens is 524 g/mol. The number of isocyanates is 2. The van der Waals surface area contributed by atoms with Gasteiger partial charge in [0.2, 0.25) is 12.2 Å². The summed E-state index contributed by atoms with van der Waals surface area (Å²) >= 11 is 0. The molecule has 0 aromatic heterocycles. The molecule has 3 N–H and O–H groups in total. The lowest BCUT2D eigenvalue weighted by molar-refractivity contribution is -0.142. The van der Waals surface area contributed by atoms with Gasteiger partial charge >= 0.3 is 11.9 Å². The van der Waals surface area contributed by atoms with Gasteiger partial charge < -0.3 is 29.5 Å². The first kappa shape index (κ1) is 39.4. The molecule has 0 radical (unpaired) electrons. The normalized spacial score (nSPS) is 20.9. The van der Waals surface area contributed by atoms with E-state index in [9.17, 15) is 19.2 Å². The summed E-state index contributed by atoms with van der Waals surface area (Å²) in [6.07, 6.45) is 9.71. The minimum absolute atomic E-state index is 0.00750. The van der Waals surface area contributed by atoms with E-state index in [0.29, 0.717) is 38.4 Å². The Morgan fingerprint density at radius 3 is 2.17 bits per heavy atom. The highest BCUT2D eigenvalue weighted by atomic mass is 16.5. The predicted octanol–water partition coefficient (Wildman–Crippen LogP) is 2.43. The quantitative estimate of drug-likeness (QED) is 0.116. The molecule has 1 aliphatic carbocycles. The van der Waals surface area contributed by atoms with Gasteiger partial charge in [-0.1, -0.05) is 27.4 Å². The molecule has 1 saturated heterocycles. The topological polar surface area (TPSA) is 181 Å². The zero-order chi connectivity index (χ0) is 30.9. The van der Waals surface area contributed by atoms with Crippen molar-refractivity contribution in [3.63, 3.8) is 0 Å². The second-order valence-corrected chi connectivity index (χ2v) is 10.6. The molecule has 0 amide bonds. The number of esters is 2. The molecule has 0 aromatic rings. The Morgan fingerprint density at radius 2 is 1.65 bits per heavy atom. The lowest BCUT2D eigenvalue weighted by Crippen LogP contribution is -2.39. The summed E-state index contributed by atoms with van der Waals surface area (Å²) in [7, 11) is 0. The number of aliphatic hydroxyl groups is 3. The van der Waals surface area contributed by atoms with Crippen molar-refractivity contribution >= 4 is 24.1 Å². The van der Waals surface area contributed by atoms with Crippen molar-refractivity contribution in [2.24, 2.45) is 20.8 Å². The van der Waals surface area contributed by atoms with Gasteiger partial charge in [0.05, 0.1) is 52.2 Å². The van der Waals surface area contributed by atoms with E-state index in [1.165, 1.54) is 0 Å². The van der Waals surface area contributed by atoms with Crippen molar-refractivity contribution in [1.82, 2.24) is 0 Å². The van der Waals surface area contributed by atoms with Crippen LogP contribution < -0.4 is 0 Å². The van der Waals surface area contributed by atoms with E-state index in [1.807, 2.05) is 0 Å². The molecule has 1 saturated carbocycles. The van der Waals surface area contributed by atoms with E-state index in [1.54, 1.807) is 19.1 Å². The van der Waals surface area contributed by atoms with Crippen LogP contribution in [0, 0.1) is 10.8 Å². The first-order valence-corrected chi connectivity index (χ1v) is 13.4. The molecule has 40 heavy (non-hydrogen) atoms. The van der Waals surface area contributed by atoms with Crippen molar-refractivity contribution in [2.45, 2.75) is 78.7 Å². The number of aliphatic hydroxyl groups excluding tert-OH is 3. The Labute approximate surface area is 237 Å². The summed E-state index contributed by atoms with van der Waals surface area (Å²) in [5, 5.41) is 24.4. The summed E-state index contributed by atoms with van der Waals surface area (Å²) < 4.78 is 13.9. The molecule has 12 nitrogen and oxygen atoms in total. The van der Waals surface area contributed by atoms with Gasteiger partial charge in [0, 0.05) is 12.0 Å². The molecule has 2 unspecified atom stereocenters. The number of ether oxygens (including phenoxy) is 3. The number of rotatable bonds is 10. The maximum atomic E-state index is 10.5. The maximum absolute atomic E-state index is 10.5. The fourth-order valence-electron chi connectivity index (χ4n) is 4.39. The number of carbonyl (C=O) groups excluding carboxylic acids is 4. The monoisotopic (exact) mass is 572 g/mol. The average molecular weight is 573 g/mol. The van der Waals surface area contributed by atoms with Crippen molar-refractivity contribution in [3.8, 4) is 0 Å². The summed E-state index contributed by atoms with van der Waals surface area (Å²) in [5.74, 6) is -0.480. The van der Waals surface area contributed by atoms with Crippen LogP contribution in [0.4, 0.5) is 0 Å². The van der Waals surface area contributed by atoms with Crippen LogP contribution >= 0.6 is 0 Å². The third-order valence-corrected chi connectivity index (χ3v) is 5.62. The van der Waals surface area contributed by atoms with E-state index >= 15 is 0 Å². The average Bonchev–Trinajstić information content (AvgIpc) is 3.14. The Hall–Kier alpha value is -2.72. The smallest absolute Gasteiger partial charge is 0.333 e. The Morgan fingerprint density at radius 1 is 1.02 bits per heavy atom. The minimum atomic E-state index is -0.455. The van der Waals surface area contributed by atoms with Gasteiger partial charge in [-0.2, -0.15) is 0 Å². The van der Waals surface area contributed by atoms with E-state index in [4.69, 9.17) is 20.1 Å². The molecule has 1 heterocycles. The molecule has 230 valence electrons. The lowest BCUT2D eigenvalue weighted by Gasteiger charge is -2.44. The van der Waals surface area contributed by atoms with Gasteiger partial charge in [0.25, 0.3) is 0 Å². The van der Waals surface area contributed by atoms with Crippen LogP contribution in [0.25, 0.3) is 0 Å². The molecule has 0 bridgehead atoms. The van der Waals surface area contributed by atoms with Crippen molar-refractivity contribution in [2.75, 3.05) is 52.8 Å². The highest BCUT2D eigenvalue weighted by Crippen LogP contribution is 2.47. The number of aliphatic imine (C=N–C) groups is 2. The number of carbonyl (C=O) groups is 2. The zero-order valence-corrected chi connectivity index (χ0v) is 24.5. The molecule has 0 spiro atoms. The van der Waals surface area contributed by atoms with Crippen LogP contribution in [0.1, 0.15) is 72.6 Å². The first-order valence-electron chi connectivity index (χ1n) is 13.4. The standard InChI is InChI=1S/C12H18N2O2.C6H10O3.C6H10O2.C4H10O3/c1-11(2)4-10(14-9-16)5-12(3,6-11)7-13-8-15;1-5(2)6(8)9-4-3-7;7-6-4-2-1-3-5-8-6;5-1-3-7-4-2-6/h10H,4-7H2,1-3H3;7H,1,3-4H2,2H3;1-5H2;5-6H,1-4H2. The molecule has 2 rings (SSSR count). The largest absolute Gasteiger partial charge is 0.466 e. The Bertz CT molecular complexity index is 806. The van der Waals surface area contributed by atoms with Crippen LogP contribution in [-0.2, 0) is 33.4 Å². The molecule has 1 aliphatic heterocycles. The predicted molar refractivity (Wildman–Crippen MR) is 148 cm³/mol. The van der Waals surface area contributed by atoms with Crippen molar-refractivity contribution < 1.29 is 48.7 Å². The second-order valence-electron chi connectivity index (χ2n) is 10.6. The van der Waals surface area contributed by atoms with Crippen LogP contribution in [-0.4, -0.2) is 98.3 Å². The van der Waals surface area contributed by atoms with Gasteiger partial charge in [-0.05, 0) is 56.3 Å². The Balaban J connectivity index is 0. The SMILES string of the molecule is C=C(C)C(=O)OCCO.CC1(C)CC(N=C=O)CC(C)(CN=C=O)C1.O=C1CCCCCO1.OCCOCCO. The number of hydrogen-bond donors (Lipinski definition) is 3. The van der Waals surface area contributed by atoms with Crippen molar-refractivity contribution in [1.29, 1.82) is 0 Å². The van der Waals surface area contributed by atoms with Gasteiger partial charge in [-0.25, -0.2) is 24.4 Å². The Kier molecular flexibility index (Phi) is 23.8. The van der Waals surface area contributed by atoms with E-state index in [-0.39, 0.29) is 49.3 Å². The molecular formula is C28H48N2O10. The van der Waals surface area contributed by atoms with E-state index in [0.717, 1.165) is 38.5 Å². The minimum Gasteiger partial charge on any atom is -0.466 e. The lowest BCUT2D eigenvalue weighted by atomic mass is 9.63. The number of hydrogen-bond acceptors (Lipinski definition) is 12. The number of cyclic esters (lactones) is 1. The van der Waals surface area contributed by atoms with E-state index in [2.05, 4.69) is 46.8 Å². The molecule has 2 aliphatic rings. The van der Waals surface area contributed by atoms with Crippen LogP contribution in [0.5, 0.6) is 0 Å². The van der Waals surface area contributed by atoms with Gasteiger partial charge in [0.1, 0.15) is 6.61 Å². The molecule has 2 fully saturated rings. The summed E-state index contributed by atoms with van der Waals surface area (Å²) in [5.41, 5.74) is 0.407. The maximum Gasteiger partial charge on any atom is 0.333 e. The first-order chi connectivity index (χ1) is 18.9. The zero-order valence-electron chi connectivity index (χ0n) is 24.5. The van der Waals surface area contributed by atoms with Crippen LogP contribution in [0.3, 0.4) is 0 Å². The van der Waals surface area contributed by atoms with E-state index < -0.39 is 5.97 Å². The molecule has 12 heteroatoms. The van der Waals surface area contributed by atoms with Crippen LogP contribution in [0.2, 0.25) is 0 Å². The van der Waals surface area contributed by atoms with Crippen molar-refractivity contribution in [3.05, 3.63) is 12.2 Å². The summed E-state index contributed by atoms with van der Waals surface area (Å²) in [4.78, 5) is 49.0. The van der Waals surface area contributed by atoms with Gasteiger partial charge in [-0.3, -0.25) is 4.79 Å². The summed E-state index contributed by atoms with van der Waals surface area (Å²) in [6, 6.07) is 0.00750. The second kappa shape index (κ2) is 24.1. The van der Waals surface area contributed by atoms with Crippen LogP contribution in [0.15, 0.2) is 22.1 Å². The fraction of sp³-hybridized carbons (Fsp3) is 0.786. The highest BCUT2D eigenvalue weighted by molar-refractivity contribution is 5.86. The highest BCUT2D eigenvalue weighted by Gasteiger charge is 2.41. The number of nitrogens with zero attached hydrogens (tertiary/aromatic N) is 2. The summed E-state index contributed by atoms with van der Waals surface area (Å²) in [6.45, 7) is 13.0. The molecule has 0 aromatic carbocycles. The molecule has 2 atom stereocenters. The fourth-order valence-corrected chi connectivity index (χ4v) is 4.39.